The molecule has 0 aliphatic rings. The highest BCUT2D eigenvalue weighted by atomic mass is 28.3. The van der Waals surface area contributed by atoms with Crippen molar-refractivity contribution in [3.63, 3.8) is 0 Å². The molecule has 7 heteroatoms. The van der Waals surface area contributed by atoms with Gasteiger partial charge in [-0.05, 0) is 42.5 Å². The Hall–Kier alpha value is -3.12. The smallest absolute Gasteiger partial charge is 0.192 e. The number of hydrogen-bond donors (Lipinski definition) is 0. The quantitative estimate of drug-likeness (QED) is 0.359. The largest absolute Gasteiger partial charge is 0.416 e. The number of alkyl halides is 3. The van der Waals surface area contributed by atoms with Crippen LogP contribution in [0.1, 0.15) is 16.7 Å². The van der Waals surface area contributed by atoms with Gasteiger partial charge in [0.25, 0.3) is 0 Å². The van der Waals surface area contributed by atoms with Gasteiger partial charge in [0.05, 0.1) is 34.1 Å². The van der Waals surface area contributed by atoms with Crippen molar-refractivity contribution < 1.29 is 13.2 Å². The molecule has 0 fully saturated rings. The van der Waals surface area contributed by atoms with Gasteiger partial charge in [0.15, 0.2) is 0 Å². The lowest BCUT2D eigenvalue weighted by Crippen LogP contribution is -2.16. The van der Waals surface area contributed by atoms with Gasteiger partial charge in [-0.25, -0.2) is 0 Å². The first-order valence-corrected chi connectivity index (χ1v) is 11.5. The molecule has 0 aromatic heterocycles. The lowest BCUT2D eigenvalue weighted by Gasteiger charge is -2.05. The number of nitriles is 1. The number of halogens is 3. The summed E-state index contributed by atoms with van der Waals surface area (Å²) in [4.78, 5) is 8.04. The second kappa shape index (κ2) is 8.05. The van der Waals surface area contributed by atoms with Gasteiger partial charge in [0.2, 0.25) is 0 Å². The summed E-state index contributed by atoms with van der Waals surface area (Å²) < 4.78 is 37.7. The Kier molecular flexibility index (Phi) is 6.02. The zero-order valence-electron chi connectivity index (χ0n) is 15.0. The van der Waals surface area contributed by atoms with E-state index in [1.54, 1.807) is 18.2 Å². The molecular formula is C20H16F3N3Si. The van der Waals surface area contributed by atoms with E-state index in [9.17, 15) is 13.2 Å². The van der Waals surface area contributed by atoms with Crippen LogP contribution in [0.25, 0.3) is 0 Å². The van der Waals surface area contributed by atoms with E-state index in [0.29, 0.717) is 22.5 Å². The summed E-state index contributed by atoms with van der Waals surface area (Å²) >= 11 is 0. The van der Waals surface area contributed by atoms with E-state index in [1.807, 2.05) is 0 Å². The van der Waals surface area contributed by atoms with E-state index in [-0.39, 0.29) is 0 Å². The highest BCUT2D eigenvalue weighted by molar-refractivity contribution is 6.83. The summed E-state index contributed by atoms with van der Waals surface area (Å²) in [5.41, 5.74) is 4.32. The van der Waals surface area contributed by atoms with Crippen molar-refractivity contribution >= 4 is 25.5 Å². The molecule has 136 valence electrons. The zero-order chi connectivity index (χ0) is 20.1. The van der Waals surface area contributed by atoms with E-state index in [4.69, 9.17) is 5.26 Å². The van der Waals surface area contributed by atoms with Crippen LogP contribution >= 0.6 is 0 Å². The summed E-state index contributed by atoms with van der Waals surface area (Å²) in [7, 11) is -1.62. The summed E-state index contributed by atoms with van der Waals surface area (Å²) in [5.74, 6) is 3.06. The lowest BCUT2D eigenvalue weighted by molar-refractivity contribution is -0.137. The SMILES string of the molecule is C[Si](C)(C)C#Cc1cc(C#N)ccc1N=C=Nc1ccc(C(F)(F)F)cc1. The Morgan fingerprint density at radius 2 is 1.63 bits per heavy atom. The van der Waals surface area contributed by atoms with Crippen molar-refractivity contribution in [1.29, 1.82) is 5.26 Å². The molecule has 0 spiro atoms. The molecule has 0 bridgehead atoms. The third-order valence-corrected chi connectivity index (χ3v) is 4.12. The minimum atomic E-state index is -4.39. The van der Waals surface area contributed by atoms with Gasteiger partial charge in [-0.3, -0.25) is 0 Å². The number of benzene rings is 2. The van der Waals surface area contributed by atoms with Crippen LogP contribution in [-0.2, 0) is 6.18 Å². The molecule has 2 aromatic rings. The van der Waals surface area contributed by atoms with E-state index in [2.05, 4.69) is 53.2 Å². The lowest BCUT2D eigenvalue weighted by atomic mass is 10.1. The second-order valence-corrected chi connectivity index (χ2v) is 11.5. The highest BCUT2D eigenvalue weighted by Crippen LogP contribution is 2.30. The third-order valence-electron chi connectivity index (χ3n) is 3.24. The molecule has 0 heterocycles. The molecule has 0 aliphatic heterocycles. The Labute approximate surface area is 156 Å². The molecule has 0 N–H and O–H groups in total. The molecule has 0 saturated heterocycles. The van der Waals surface area contributed by atoms with Crippen LogP contribution in [0, 0.1) is 22.8 Å². The Morgan fingerprint density at radius 1 is 0.963 bits per heavy atom. The van der Waals surface area contributed by atoms with Crippen LogP contribution < -0.4 is 0 Å². The maximum Gasteiger partial charge on any atom is 0.416 e. The van der Waals surface area contributed by atoms with Gasteiger partial charge < -0.3 is 0 Å². The molecule has 0 radical (unpaired) electrons. The van der Waals surface area contributed by atoms with Crippen LogP contribution in [0.15, 0.2) is 52.4 Å². The van der Waals surface area contributed by atoms with Crippen molar-refractivity contribution in [2.24, 2.45) is 9.98 Å². The summed E-state index contributed by atoms with van der Waals surface area (Å²) in [6.45, 7) is 6.30. The fraction of sp³-hybridized carbons (Fsp3) is 0.200. The van der Waals surface area contributed by atoms with Gasteiger partial charge >= 0.3 is 6.18 Å². The van der Waals surface area contributed by atoms with Crippen molar-refractivity contribution in [2.45, 2.75) is 25.8 Å². The Balaban J connectivity index is 2.34. The molecule has 27 heavy (non-hydrogen) atoms. The normalized spacial score (nSPS) is 10.9. The number of hydrogen-bond acceptors (Lipinski definition) is 3. The van der Waals surface area contributed by atoms with Crippen molar-refractivity contribution in [1.82, 2.24) is 0 Å². The molecule has 0 amide bonds. The topological polar surface area (TPSA) is 48.5 Å². The average Bonchev–Trinajstić information content (AvgIpc) is 2.59. The van der Waals surface area contributed by atoms with Crippen molar-refractivity contribution in [3.05, 3.63) is 59.2 Å². The van der Waals surface area contributed by atoms with E-state index < -0.39 is 19.8 Å². The highest BCUT2D eigenvalue weighted by Gasteiger charge is 2.29. The standard InChI is InChI=1S/C20H16F3N3Si/c1-27(2,3)11-10-16-12-15(13-24)4-9-19(16)26-14-25-18-7-5-17(6-8-18)20(21,22)23/h4-9,12H,1-3H3. The van der Waals surface area contributed by atoms with Crippen LogP contribution in [0.5, 0.6) is 0 Å². The predicted octanol–water partition coefficient (Wildman–Crippen LogP) is 5.94. The van der Waals surface area contributed by atoms with Crippen molar-refractivity contribution in [3.8, 4) is 17.5 Å². The van der Waals surface area contributed by atoms with Crippen LogP contribution in [0.3, 0.4) is 0 Å². The molecule has 2 rings (SSSR count). The fourth-order valence-corrected chi connectivity index (χ4v) is 2.43. The third kappa shape index (κ3) is 6.27. The second-order valence-electron chi connectivity index (χ2n) is 6.71. The van der Waals surface area contributed by atoms with E-state index >= 15 is 0 Å². The zero-order valence-corrected chi connectivity index (χ0v) is 16.0. The summed E-state index contributed by atoms with van der Waals surface area (Å²) in [6, 6.07) is 13.8. The fourth-order valence-electron chi connectivity index (χ4n) is 1.92. The first kappa shape index (κ1) is 20.2. The van der Waals surface area contributed by atoms with Gasteiger partial charge in [-0.15, -0.1) is 5.54 Å². The Bertz CT molecular complexity index is 992. The first-order valence-electron chi connectivity index (χ1n) is 7.99. The van der Waals surface area contributed by atoms with Crippen molar-refractivity contribution in [2.75, 3.05) is 0 Å². The first-order chi connectivity index (χ1) is 12.6. The number of rotatable bonds is 2. The van der Waals surface area contributed by atoms with Gasteiger partial charge in [-0.1, -0.05) is 25.6 Å². The maximum absolute atomic E-state index is 12.6. The molecule has 0 aliphatic carbocycles. The van der Waals surface area contributed by atoms with Gasteiger partial charge in [-0.2, -0.15) is 28.4 Å². The van der Waals surface area contributed by atoms with Crippen LogP contribution in [-0.4, -0.2) is 14.1 Å². The Morgan fingerprint density at radius 3 is 2.19 bits per heavy atom. The predicted molar refractivity (Wildman–Crippen MR) is 102 cm³/mol. The molecule has 0 saturated carbocycles. The minimum Gasteiger partial charge on any atom is -0.192 e. The maximum atomic E-state index is 12.6. The monoisotopic (exact) mass is 383 g/mol. The number of aliphatic imine (C=N–C) groups is 2. The molecule has 3 nitrogen and oxygen atoms in total. The summed E-state index contributed by atoms with van der Waals surface area (Å²) in [6.07, 6.45) is -4.39. The number of nitrogens with zero attached hydrogens (tertiary/aromatic N) is 3. The van der Waals surface area contributed by atoms with E-state index in [0.717, 1.165) is 12.1 Å². The minimum absolute atomic E-state index is 0.301. The van der Waals surface area contributed by atoms with Gasteiger partial charge in [0, 0.05) is 0 Å². The molecule has 2 aromatic carbocycles. The molecular weight excluding hydrogens is 367 g/mol. The average molecular weight is 383 g/mol. The van der Waals surface area contributed by atoms with Crippen LogP contribution in [0.2, 0.25) is 19.6 Å². The molecule has 0 atom stereocenters. The van der Waals surface area contributed by atoms with Crippen LogP contribution in [0.4, 0.5) is 24.5 Å². The molecule has 0 unspecified atom stereocenters. The van der Waals surface area contributed by atoms with E-state index in [1.165, 1.54) is 12.1 Å². The van der Waals surface area contributed by atoms with Gasteiger partial charge in [0.1, 0.15) is 14.1 Å². The summed E-state index contributed by atoms with van der Waals surface area (Å²) in [5, 5.41) is 9.05.